The molecule has 0 fully saturated rings. The van der Waals surface area contributed by atoms with Gasteiger partial charge in [0.1, 0.15) is 11.6 Å². The fraction of sp³-hybridized carbons (Fsp3) is 0. The van der Waals surface area contributed by atoms with Gasteiger partial charge in [-0.1, -0.05) is 16.8 Å². The van der Waals surface area contributed by atoms with Crippen molar-refractivity contribution < 1.29 is 14.0 Å². The molecular weight excluding hydrogens is 283 g/mol. The number of benzene rings is 2. The monoisotopic (exact) mass is 290 g/mol. The number of rotatable bonds is 2. The largest absolute Gasteiger partial charge is 0.506 e. The van der Waals surface area contributed by atoms with Crippen LogP contribution in [0, 0.1) is 5.82 Å². The molecule has 4 nitrogen and oxygen atoms in total. The molecule has 0 spiro atoms. The average molecular weight is 291 g/mol. The van der Waals surface area contributed by atoms with E-state index in [1.807, 2.05) is 0 Å². The molecule has 0 unspecified atom stereocenters. The molecule has 1 aromatic heterocycles. The van der Waals surface area contributed by atoms with Gasteiger partial charge in [-0.2, -0.15) is 4.98 Å². The summed E-state index contributed by atoms with van der Waals surface area (Å²) in [5.41, 5.74) is 1.24. The van der Waals surface area contributed by atoms with Gasteiger partial charge in [0.25, 0.3) is 5.89 Å². The summed E-state index contributed by atoms with van der Waals surface area (Å²) in [7, 11) is 0. The third-order valence-corrected chi connectivity index (χ3v) is 3.03. The minimum Gasteiger partial charge on any atom is -0.506 e. The Balaban J connectivity index is 1.97. The smallest absolute Gasteiger partial charge is 0.258 e. The Hall–Kier alpha value is -2.40. The normalized spacial score (nSPS) is 10.7. The van der Waals surface area contributed by atoms with Crippen molar-refractivity contribution in [3.63, 3.8) is 0 Å². The summed E-state index contributed by atoms with van der Waals surface area (Å²) in [6.07, 6.45) is 0. The Morgan fingerprint density at radius 1 is 1.05 bits per heavy atom. The summed E-state index contributed by atoms with van der Waals surface area (Å²) >= 11 is 5.82. The molecule has 3 rings (SSSR count). The van der Waals surface area contributed by atoms with Crippen LogP contribution in [0.1, 0.15) is 0 Å². The van der Waals surface area contributed by atoms with Gasteiger partial charge in [0.15, 0.2) is 0 Å². The molecule has 0 aliphatic heterocycles. The lowest BCUT2D eigenvalue weighted by Gasteiger charge is -1.97. The zero-order chi connectivity index (χ0) is 14.1. The highest BCUT2D eigenvalue weighted by molar-refractivity contribution is 6.32. The van der Waals surface area contributed by atoms with Gasteiger partial charge >= 0.3 is 0 Å². The third kappa shape index (κ3) is 2.35. The van der Waals surface area contributed by atoms with E-state index >= 15 is 0 Å². The highest BCUT2D eigenvalue weighted by atomic mass is 35.5. The van der Waals surface area contributed by atoms with Crippen LogP contribution in [-0.4, -0.2) is 15.2 Å². The van der Waals surface area contributed by atoms with Gasteiger partial charge in [-0.05, 0) is 42.5 Å². The molecule has 100 valence electrons. The third-order valence-electron chi connectivity index (χ3n) is 2.72. The van der Waals surface area contributed by atoms with Crippen LogP contribution in [0.2, 0.25) is 5.02 Å². The maximum absolute atomic E-state index is 12.9. The van der Waals surface area contributed by atoms with Gasteiger partial charge < -0.3 is 9.63 Å². The van der Waals surface area contributed by atoms with Gasteiger partial charge in [-0.15, -0.1) is 0 Å². The molecule has 3 aromatic rings. The number of phenolic OH excluding ortho intramolecular Hbond substituents is 1. The fourth-order valence-corrected chi connectivity index (χ4v) is 1.88. The van der Waals surface area contributed by atoms with E-state index in [0.29, 0.717) is 17.0 Å². The van der Waals surface area contributed by atoms with Crippen molar-refractivity contribution in [2.75, 3.05) is 0 Å². The van der Waals surface area contributed by atoms with E-state index < -0.39 is 0 Å². The van der Waals surface area contributed by atoms with Crippen LogP contribution in [0.3, 0.4) is 0 Å². The van der Waals surface area contributed by atoms with E-state index in [1.165, 1.54) is 24.3 Å². The van der Waals surface area contributed by atoms with Crippen LogP contribution < -0.4 is 0 Å². The van der Waals surface area contributed by atoms with E-state index in [1.54, 1.807) is 18.2 Å². The number of nitrogens with zero attached hydrogens (tertiary/aromatic N) is 2. The molecule has 2 aromatic carbocycles. The Labute approximate surface area is 118 Å². The number of aromatic hydroxyl groups is 1. The van der Waals surface area contributed by atoms with Crippen molar-refractivity contribution in [1.29, 1.82) is 0 Å². The van der Waals surface area contributed by atoms with Gasteiger partial charge in [-0.25, -0.2) is 4.39 Å². The number of hydrogen-bond acceptors (Lipinski definition) is 4. The number of halogens is 2. The first-order chi connectivity index (χ1) is 9.63. The Morgan fingerprint density at radius 2 is 1.75 bits per heavy atom. The number of hydrogen-bond donors (Lipinski definition) is 1. The Bertz CT molecular complexity index is 756. The predicted molar refractivity (Wildman–Crippen MR) is 71.8 cm³/mol. The lowest BCUT2D eigenvalue weighted by atomic mass is 10.2. The zero-order valence-corrected chi connectivity index (χ0v) is 10.8. The van der Waals surface area contributed by atoms with Gasteiger partial charge in [0.2, 0.25) is 5.82 Å². The maximum atomic E-state index is 12.9. The molecule has 20 heavy (non-hydrogen) atoms. The summed E-state index contributed by atoms with van der Waals surface area (Å²) in [5, 5.41) is 13.4. The number of phenols is 1. The molecule has 0 amide bonds. The molecule has 0 radical (unpaired) electrons. The Kier molecular flexibility index (Phi) is 3.12. The summed E-state index contributed by atoms with van der Waals surface area (Å²) in [6.45, 7) is 0. The van der Waals surface area contributed by atoms with Crippen LogP contribution in [0.15, 0.2) is 47.0 Å². The lowest BCUT2D eigenvalue weighted by Crippen LogP contribution is -1.82. The first kappa shape index (κ1) is 12.6. The molecule has 1 heterocycles. The maximum Gasteiger partial charge on any atom is 0.258 e. The minimum absolute atomic E-state index is 0.0197. The van der Waals surface area contributed by atoms with Crippen LogP contribution in [-0.2, 0) is 0 Å². The minimum atomic E-state index is -0.331. The second-order valence-electron chi connectivity index (χ2n) is 4.10. The average Bonchev–Trinajstić information content (AvgIpc) is 2.92. The molecule has 0 bridgehead atoms. The van der Waals surface area contributed by atoms with Crippen molar-refractivity contribution in [1.82, 2.24) is 10.1 Å². The molecule has 0 saturated heterocycles. The van der Waals surface area contributed by atoms with E-state index in [2.05, 4.69) is 10.1 Å². The topological polar surface area (TPSA) is 59.2 Å². The molecule has 6 heteroatoms. The Morgan fingerprint density at radius 3 is 2.45 bits per heavy atom. The summed E-state index contributed by atoms with van der Waals surface area (Å²) in [6, 6.07) is 10.4. The predicted octanol–water partition coefficient (Wildman–Crippen LogP) is 3.90. The summed E-state index contributed by atoms with van der Waals surface area (Å²) in [5.74, 6) is 0.270. The first-order valence-corrected chi connectivity index (χ1v) is 6.10. The number of aromatic nitrogens is 2. The van der Waals surface area contributed by atoms with Crippen LogP contribution in [0.4, 0.5) is 4.39 Å². The zero-order valence-electron chi connectivity index (χ0n) is 10.0. The van der Waals surface area contributed by atoms with E-state index in [0.717, 1.165) is 0 Å². The molecule has 0 saturated carbocycles. The van der Waals surface area contributed by atoms with Crippen molar-refractivity contribution in [2.24, 2.45) is 0 Å². The second kappa shape index (κ2) is 4.94. The van der Waals surface area contributed by atoms with Gasteiger partial charge in [-0.3, -0.25) is 0 Å². The summed E-state index contributed by atoms with van der Waals surface area (Å²) < 4.78 is 18.0. The summed E-state index contributed by atoms with van der Waals surface area (Å²) in [4.78, 5) is 4.21. The fourth-order valence-electron chi connectivity index (χ4n) is 1.70. The second-order valence-corrected chi connectivity index (χ2v) is 4.50. The van der Waals surface area contributed by atoms with Gasteiger partial charge in [0, 0.05) is 11.1 Å². The van der Waals surface area contributed by atoms with Crippen molar-refractivity contribution >= 4 is 11.6 Å². The highest BCUT2D eigenvalue weighted by Gasteiger charge is 2.12. The standard InChI is InChI=1S/C14H8ClFN2O2/c15-11-7-9(3-6-12(11)19)14-17-13(18-20-14)8-1-4-10(16)5-2-8/h1-7,19H. The van der Waals surface area contributed by atoms with Crippen LogP contribution >= 0.6 is 11.6 Å². The van der Waals surface area contributed by atoms with Gasteiger partial charge in [0.05, 0.1) is 5.02 Å². The first-order valence-electron chi connectivity index (χ1n) is 5.72. The van der Waals surface area contributed by atoms with E-state index in [9.17, 15) is 9.50 Å². The van der Waals surface area contributed by atoms with Crippen molar-refractivity contribution in [3.05, 3.63) is 53.3 Å². The lowest BCUT2D eigenvalue weighted by molar-refractivity contribution is 0.432. The van der Waals surface area contributed by atoms with Crippen LogP contribution in [0.25, 0.3) is 22.8 Å². The van der Waals surface area contributed by atoms with Crippen molar-refractivity contribution in [3.8, 4) is 28.6 Å². The van der Waals surface area contributed by atoms with E-state index in [4.69, 9.17) is 16.1 Å². The molecular formula is C14H8ClFN2O2. The van der Waals surface area contributed by atoms with Crippen molar-refractivity contribution in [2.45, 2.75) is 0 Å². The quantitative estimate of drug-likeness (QED) is 0.777. The molecule has 1 N–H and O–H groups in total. The SMILES string of the molecule is Oc1ccc(-c2nc(-c3ccc(F)cc3)no2)cc1Cl. The van der Waals surface area contributed by atoms with Crippen LogP contribution in [0.5, 0.6) is 5.75 Å². The molecule has 0 aliphatic carbocycles. The molecule has 0 atom stereocenters. The molecule has 0 aliphatic rings. The highest BCUT2D eigenvalue weighted by Crippen LogP contribution is 2.29. The van der Waals surface area contributed by atoms with E-state index in [-0.39, 0.29) is 22.5 Å².